The highest BCUT2D eigenvalue weighted by Gasteiger charge is 2.12. The molecule has 0 aromatic rings. The zero-order valence-corrected chi connectivity index (χ0v) is 9.79. The van der Waals surface area contributed by atoms with Gasteiger partial charge in [0.05, 0.1) is 33.2 Å². The second-order valence-corrected chi connectivity index (χ2v) is 3.51. The van der Waals surface area contributed by atoms with E-state index in [4.69, 9.17) is 17.3 Å². The second kappa shape index (κ2) is 8.74. The summed E-state index contributed by atoms with van der Waals surface area (Å²) in [7, 11) is 5.21. The molecular weight excluding hydrogens is 193 g/mol. The van der Waals surface area contributed by atoms with E-state index in [1.165, 1.54) is 0 Å². The molecule has 1 unspecified atom stereocenters. The molecule has 0 aromatic carbocycles. The SMILES string of the molecule is [B]CC(=O)NC(COCC)COC(C)C. The fourth-order valence-electron chi connectivity index (χ4n) is 0.987. The predicted octanol–water partition coefficient (Wildman–Crippen LogP) is 0.519. The van der Waals surface area contributed by atoms with Crippen LogP contribution in [0, 0.1) is 0 Å². The predicted molar refractivity (Wildman–Crippen MR) is 60.1 cm³/mol. The van der Waals surface area contributed by atoms with Crippen molar-refractivity contribution in [2.45, 2.75) is 39.2 Å². The first kappa shape index (κ1) is 14.5. The van der Waals surface area contributed by atoms with Crippen LogP contribution in [0.15, 0.2) is 0 Å². The highest BCUT2D eigenvalue weighted by atomic mass is 16.5. The summed E-state index contributed by atoms with van der Waals surface area (Å²) >= 11 is 0. The van der Waals surface area contributed by atoms with Gasteiger partial charge in [-0.15, -0.1) is 0 Å². The van der Waals surface area contributed by atoms with Gasteiger partial charge in [-0.3, -0.25) is 4.79 Å². The van der Waals surface area contributed by atoms with E-state index in [0.717, 1.165) is 0 Å². The molecule has 15 heavy (non-hydrogen) atoms. The first-order valence-electron chi connectivity index (χ1n) is 5.28. The van der Waals surface area contributed by atoms with Crippen LogP contribution in [0.4, 0.5) is 0 Å². The minimum absolute atomic E-state index is 0.00962. The Balaban J connectivity index is 3.88. The molecule has 0 saturated heterocycles. The van der Waals surface area contributed by atoms with E-state index in [-0.39, 0.29) is 24.4 Å². The van der Waals surface area contributed by atoms with Crippen molar-refractivity contribution in [3.63, 3.8) is 0 Å². The van der Waals surface area contributed by atoms with Crippen LogP contribution in [-0.2, 0) is 14.3 Å². The summed E-state index contributed by atoms with van der Waals surface area (Å²) in [5.74, 6) is -0.188. The van der Waals surface area contributed by atoms with Gasteiger partial charge in [0.1, 0.15) is 0 Å². The normalized spacial score (nSPS) is 12.8. The van der Waals surface area contributed by atoms with E-state index in [9.17, 15) is 4.79 Å². The fraction of sp³-hybridized carbons (Fsp3) is 0.900. The van der Waals surface area contributed by atoms with Crippen LogP contribution >= 0.6 is 0 Å². The first-order chi connectivity index (χ1) is 7.10. The Kier molecular flexibility index (Phi) is 8.42. The molecule has 0 fully saturated rings. The van der Waals surface area contributed by atoms with Crippen molar-refractivity contribution >= 4 is 13.8 Å². The Morgan fingerprint density at radius 1 is 1.40 bits per heavy atom. The number of rotatable bonds is 8. The van der Waals surface area contributed by atoms with Gasteiger partial charge < -0.3 is 14.8 Å². The molecule has 0 rings (SSSR count). The molecule has 0 aromatic heterocycles. The molecule has 2 radical (unpaired) electrons. The molecular formula is C10H20BNO3. The Hall–Kier alpha value is -0.545. The lowest BCUT2D eigenvalue weighted by Crippen LogP contribution is -2.41. The molecule has 0 aliphatic heterocycles. The second-order valence-electron chi connectivity index (χ2n) is 3.51. The molecule has 0 heterocycles. The first-order valence-corrected chi connectivity index (χ1v) is 5.28. The van der Waals surface area contributed by atoms with Crippen LogP contribution in [0.3, 0.4) is 0 Å². The molecule has 0 bridgehead atoms. The molecule has 0 spiro atoms. The quantitative estimate of drug-likeness (QED) is 0.598. The molecule has 4 nitrogen and oxygen atoms in total. The number of ether oxygens (including phenoxy) is 2. The van der Waals surface area contributed by atoms with Crippen LogP contribution in [0.2, 0.25) is 6.32 Å². The summed E-state index contributed by atoms with van der Waals surface area (Å²) in [5.41, 5.74) is 0. The van der Waals surface area contributed by atoms with Gasteiger partial charge >= 0.3 is 0 Å². The number of amides is 1. The molecule has 0 aliphatic carbocycles. The third-order valence-electron chi connectivity index (χ3n) is 1.70. The number of hydrogen-bond donors (Lipinski definition) is 1. The van der Waals surface area contributed by atoms with E-state index < -0.39 is 0 Å². The van der Waals surface area contributed by atoms with Crippen molar-refractivity contribution in [2.24, 2.45) is 0 Å². The summed E-state index contributed by atoms with van der Waals surface area (Å²) in [4.78, 5) is 11.1. The Bertz CT molecular complexity index is 176. The zero-order valence-electron chi connectivity index (χ0n) is 9.79. The van der Waals surface area contributed by atoms with Crippen molar-refractivity contribution in [3.8, 4) is 0 Å². The smallest absolute Gasteiger partial charge is 0.211 e. The lowest BCUT2D eigenvalue weighted by Gasteiger charge is -2.19. The van der Waals surface area contributed by atoms with Gasteiger partial charge in [-0.1, -0.05) is 0 Å². The standard InChI is InChI=1S/C10H20BNO3/c1-4-14-6-9(7-15-8(2)3)12-10(13)5-11/h8-9H,4-7H2,1-3H3,(H,12,13). The molecule has 0 saturated carbocycles. The van der Waals surface area contributed by atoms with E-state index in [1.54, 1.807) is 0 Å². The molecule has 5 heteroatoms. The average Bonchev–Trinajstić information content (AvgIpc) is 2.21. The van der Waals surface area contributed by atoms with E-state index >= 15 is 0 Å². The maximum atomic E-state index is 11.1. The van der Waals surface area contributed by atoms with Gasteiger partial charge in [-0.2, -0.15) is 0 Å². The lowest BCUT2D eigenvalue weighted by atomic mass is 10.0. The number of nitrogens with one attached hydrogen (secondary N) is 1. The van der Waals surface area contributed by atoms with Crippen molar-refractivity contribution in [1.82, 2.24) is 5.32 Å². The Morgan fingerprint density at radius 3 is 2.53 bits per heavy atom. The van der Waals surface area contributed by atoms with Crippen molar-refractivity contribution in [2.75, 3.05) is 19.8 Å². The van der Waals surface area contributed by atoms with Gasteiger partial charge in [-0.25, -0.2) is 0 Å². The largest absolute Gasteiger partial charge is 0.380 e. The zero-order chi connectivity index (χ0) is 11.7. The average molecular weight is 213 g/mol. The number of carbonyl (C=O) groups is 1. The lowest BCUT2D eigenvalue weighted by molar-refractivity contribution is -0.120. The molecule has 1 amide bonds. The van der Waals surface area contributed by atoms with Crippen LogP contribution in [-0.4, -0.2) is 45.7 Å². The molecule has 1 atom stereocenters. The van der Waals surface area contributed by atoms with Crippen molar-refractivity contribution in [1.29, 1.82) is 0 Å². The van der Waals surface area contributed by atoms with Gasteiger partial charge in [0.25, 0.3) is 0 Å². The molecule has 0 aliphatic rings. The van der Waals surface area contributed by atoms with Crippen LogP contribution in [0.1, 0.15) is 20.8 Å². The maximum absolute atomic E-state index is 11.1. The minimum atomic E-state index is -0.188. The third kappa shape index (κ3) is 8.45. The van der Waals surface area contributed by atoms with E-state index in [1.807, 2.05) is 20.8 Å². The number of carbonyl (C=O) groups excluding carboxylic acids is 1. The third-order valence-corrected chi connectivity index (χ3v) is 1.70. The molecule has 1 N–H and O–H groups in total. The topological polar surface area (TPSA) is 47.6 Å². The van der Waals surface area contributed by atoms with E-state index in [2.05, 4.69) is 5.32 Å². The monoisotopic (exact) mass is 213 g/mol. The van der Waals surface area contributed by atoms with Crippen molar-refractivity contribution < 1.29 is 14.3 Å². The summed E-state index contributed by atoms with van der Waals surface area (Å²) in [6.45, 7) is 7.32. The summed E-state index contributed by atoms with van der Waals surface area (Å²) in [5, 5.41) is 2.74. The van der Waals surface area contributed by atoms with Gasteiger partial charge in [0.15, 0.2) is 0 Å². The van der Waals surface area contributed by atoms with Crippen LogP contribution < -0.4 is 5.32 Å². The van der Waals surface area contributed by atoms with Gasteiger partial charge in [0.2, 0.25) is 5.91 Å². The Labute approximate surface area is 93.1 Å². The Morgan fingerprint density at radius 2 is 2.07 bits per heavy atom. The highest BCUT2D eigenvalue weighted by molar-refractivity contribution is 6.19. The van der Waals surface area contributed by atoms with Crippen LogP contribution in [0.5, 0.6) is 0 Å². The number of hydrogen-bond acceptors (Lipinski definition) is 3. The van der Waals surface area contributed by atoms with E-state index in [0.29, 0.717) is 19.8 Å². The summed E-state index contributed by atoms with van der Waals surface area (Å²) in [6, 6.07) is -0.122. The highest BCUT2D eigenvalue weighted by Crippen LogP contribution is 1.94. The molecule has 86 valence electrons. The van der Waals surface area contributed by atoms with Crippen molar-refractivity contribution in [3.05, 3.63) is 0 Å². The fourth-order valence-corrected chi connectivity index (χ4v) is 0.987. The van der Waals surface area contributed by atoms with Gasteiger partial charge in [-0.05, 0) is 27.1 Å². The van der Waals surface area contributed by atoms with Crippen LogP contribution in [0.25, 0.3) is 0 Å². The van der Waals surface area contributed by atoms with Gasteiger partial charge in [0, 0.05) is 6.61 Å². The minimum Gasteiger partial charge on any atom is -0.380 e. The summed E-state index contributed by atoms with van der Waals surface area (Å²) < 4.78 is 10.6. The summed E-state index contributed by atoms with van der Waals surface area (Å²) in [6.07, 6.45) is 0.133. The maximum Gasteiger partial charge on any atom is 0.211 e.